The van der Waals surface area contributed by atoms with Crippen LogP contribution in [0.3, 0.4) is 0 Å². The number of carbonyl (C=O) groups is 1. The summed E-state index contributed by atoms with van der Waals surface area (Å²) < 4.78 is 0. The van der Waals surface area contributed by atoms with Crippen LogP contribution < -0.4 is 11.3 Å². The van der Waals surface area contributed by atoms with Gasteiger partial charge in [0.15, 0.2) is 0 Å². The Bertz CT molecular complexity index is 400. The fourth-order valence-corrected chi connectivity index (χ4v) is 1.93. The largest absolute Gasteiger partial charge is 0.337 e. The van der Waals surface area contributed by atoms with E-state index in [9.17, 15) is 4.79 Å². The zero-order chi connectivity index (χ0) is 13.0. The van der Waals surface area contributed by atoms with E-state index in [1.54, 1.807) is 18.3 Å². The number of pyridine rings is 1. The molecule has 5 heteroatoms. The maximum absolute atomic E-state index is 12.3. The number of carbonyl (C=O) groups excluding carboxylic acids is 1. The predicted octanol–water partition coefficient (Wildman–Crippen LogP) is 1.63. The lowest BCUT2D eigenvalue weighted by atomic mass is 10.2. The van der Waals surface area contributed by atoms with Gasteiger partial charge in [0.05, 0.1) is 11.9 Å². The summed E-state index contributed by atoms with van der Waals surface area (Å²) in [6.45, 7) is 3.75. The van der Waals surface area contributed by atoms with Gasteiger partial charge in [0.25, 0.3) is 5.91 Å². The molecule has 98 valence electrons. The fraction of sp³-hybridized carbons (Fsp3) is 0.538. The summed E-state index contributed by atoms with van der Waals surface area (Å²) in [4.78, 5) is 18.4. The molecule has 5 nitrogen and oxygen atoms in total. The molecule has 0 aromatic carbocycles. The van der Waals surface area contributed by atoms with Crippen molar-refractivity contribution in [1.82, 2.24) is 9.88 Å². The van der Waals surface area contributed by atoms with E-state index < -0.39 is 0 Å². The normalized spacial score (nSPS) is 14.3. The summed E-state index contributed by atoms with van der Waals surface area (Å²) in [6, 6.07) is 3.48. The van der Waals surface area contributed by atoms with E-state index in [2.05, 4.69) is 17.3 Å². The van der Waals surface area contributed by atoms with Crippen LogP contribution in [0, 0.1) is 5.92 Å². The number of aromatic nitrogens is 1. The average molecular weight is 248 g/mol. The smallest absolute Gasteiger partial charge is 0.272 e. The van der Waals surface area contributed by atoms with Gasteiger partial charge in [0, 0.05) is 13.1 Å². The van der Waals surface area contributed by atoms with Crippen molar-refractivity contribution in [3.63, 3.8) is 0 Å². The Morgan fingerprint density at radius 2 is 2.33 bits per heavy atom. The first kappa shape index (κ1) is 12.8. The second kappa shape index (κ2) is 5.82. The van der Waals surface area contributed by atoms with Crippen LogP contribution in [0.2, 0.25) is 0 Å². The van der Waals surface area contributed by atoms with Gasteiger partial charge < -0.3 is 10.3 Å². The quantitative estimate of drug-likeness (QED) is 0.593. The molecular weight excluding hydrogens is 228 g/mol. The van der Waals surface area contributed by atoms with Gasteiger partial charge in [-0.05, 0) is 37.3 Å². The number of nitrogen functional groups attached to an aromatic ring is 1. The standard InChI is InChI=1S/C13H20N4O/c1-2-7-17(9-10-3-4-10)13(18)12-6-5-11(16-14)8-15-12/h5-6,8,10,16H,2-4,7,9,14H2,1H3. The topological polar surface area (TPSA) is 71.2 Å². The number of amides is 1. The summed E-state index contributed by atoms with van der Waals surface area (Å²) >= 11 is 0. The van der Waals surface area contributed by atoms with Gasteiger partial charge in [-0.15, -0.1) is 0 Å². The SMILES string of the molecule is CCCN(CC1CC1)C(=O)c1ccc(NN)cn1. The second-order valence-corrected chi connectivity index (χ2v) is 4.77. The van der Waals surface area contributed by atoms with E-state index in [0.29, 0.717) is 17.3 Å². The van der Waals surface area contributed by atoms with Gasteiger partial charge >= 0.3 is 0 Å². The first-order valence-corrected chi connectivity index (χ1v) is 6.46. The van der Waals surface area contributed by atoms with Crippen LogP contribution in [0.15, 0.2) is 18.3 Å². The highest BCUT2D eigenvalue weighted by Gasteiger charge is 2.27. The minimum Gasteiger partial charge on any atom is -0.337 e. The van der Waals surface area contributed by atoms with E-state index in [0.717, 1.165) is 19.5 Å². The highest BCUT2D eigenvalue weighted by Crippen LogP contribution is 2.30. The molecule has 0 saturated heterocycles. The molecule has 3 N–H and O–H groups in total. The van der Waals surface area contributed by atoms with Crippen molar-refractivity contribution in [1.29, 1.82) is 0 Å². The van der Waals surface area contributed by atoms with Crippen LogP contribution in [-0.2, 0) is 0 Å². The molecule has 1 aliphatic rings. The number of anilines is 1. The van der Waals surface area contributed by atoms with E-state index in [-0.39, 0.29) is 5.91 Å². The van der Waals surface area contributed by atoms with Crippen LogP contribution in [0.25, 0.3) is 0 Å². The third-order valence-corrected chi connectivity index (χ3v) is 3.11. The molecule has 0 unspecified atom stereocenters. The van der Waals surface area contributed by atoms with Gasteiger partial charge in [-0.2, -0.15) is 0 Å². The molecule has 0 aliphatic heterocycles. The number of hydrogen-bond acceptors (Lipinski definition) is 4. The minimum absolute atomic E-state index is 0.0207. The molecular formula is C13H20N4O. The monoisotopic (exact) mass is 248 g/mol. The molecule has 1 aliphatic carbocycles. The van der Waals surface area contributed by atoms with Crippen molar-refractivity contribution in [3.8, 4) is 0 Å². The Morgan fingerprint density at radius 3 is 2.83 bits per heavy atom. The molecule has 1 aromatic rings. The molecule has 1 fully saturated rings. The van der Waals surface area contributed by atoms with Gasteiger partial charge in [-0.3, -0.25) is 10.6 Å². The molecule has 1 aromatic heterocycles. The van der Waals surface area contributed by atoms with Crippen molar-refractivity contribution >= 4 is 11.6 Å². The third kappa shape index (κ3) is 3.20. The van der Waals surface area contributed by atoms with Gasteiger partial charge in [-0.25, -0.2) is 4.98 Å². The Hall–Kier alpha value is -1.62. The second-order valence-electron chi connectivity index (χ2n) is 4.77. The van der Waals surface area contributed by atoms with E-state index in [1.165, 1.54) is 12.8 Å². The number of hydrogen-bond donors (Lipinski definition) is 2. The molecule has 0 radical (unpaired) electrons. The number of nitrogens with zero attached hydrogens (tertiary/aromatic N) is 2. The highest BCUT2D eigenvalue weighted by molar-refractivity contribution is 5.92. The van der Waals surface area contributed by atoms with Crippen molar-refractivity contribution in [2.75, 3.05) is 18.5 Å². The van der Waals surface area contributed by atoms with Crippen LogP contribution in [-0.4, -0.2) is 28.9 Å². The molecule has 1 heterocycles. The van der Waals surface area contributed by atoms with E-state index in [1.807, 2.05) is 4.90 Å². The van der Waals surface area contributed by atoms with E-state index in [4.69, 9.17) is 5.84 Å². The van der Waals surface area contributed by atoms with Crippen molar-refractivity contribution in [2.24, 2.45) is 11.8 Å². The van der Waals surface area contributed by atoms with Crippen LogP contribution in [0.5, 0.6) is 0 Å². The lowest BCUT2D eigenvalue weighted by molar-refractivity contribution is 0.0742. The number of hydrazine groups is 1. The first-order valence-electron chi connectivity index (χ1n) is 6.46. The average Bonchev–Trinajstić information content (AvgIpc) is 3.21. The van der Waals surface area contributed by atoms with Crippen LogP contribution in [0.4, 0.5) is 5.69 Å². The molecule has 0 spiro atoms. The predicted molar refractivity (Wildman–Crippen MR) is 71.0 cm³/mol. The number of nitrogens with two attached hydrogens (primary N) is 1. The van der Waals surface area contributed by atoms with Gasteiger partial charge in [0.2, 0.25) is 0 Å². The first-order chi connectivity index (χ1) is 8.74. The maximum atomic E-state index is 12.3. The molecule has 1 amide bonds. The van der Waals surface area contributed by atoms with Crippen molar-refractivity contribution in [3.05, 3.63) is 24.0 Å². The molecule has 2 rings (SSSR count). The van der Waals surface area contributed by atoms with Crippen LogP contribution >= 0.6 is 0 Å². The summed E-state index contributed by atoms with van der Waals surface area (Å²) in [6.07, 6.45) is 5.04. The Morgan fingerprint density at radius 1 is 1.56 bits per heavy atom. The molecule has 1 saturated carbocycles. The van der Waals surface area contributed by atoms with E-state index >= 15 is 0 Å². The fourth-order valence-electron chi connectivity index (χ4n) is 1.93. The summed E-state index contributed by atoms with van der Waals surface area (Å²) in [5, 5.41) is 0. The van der Waals surface area contributed by atoms with Crippen molar-refractivity contribution < 1.29 is 4.79 Å². The van der Waals surface area contributed by atoms with Crippen LogP contribution in [0.1, 0.15) is 36.7 Å². The molecule has 18 heavy (non-hydrogen) atoms. The zero-order valence-corrected chi connectivity index (χ0v) is 10.7. The highest BCUT2D eigenvalue weighted by atomic mass is 16.2. The zero-order valence-electron chi connectivity index (χ0n) is 10.7. The Kier molecular flexibility index (Phi) is 4.15. The Balaban J connectivity index is 2.05. The molecule has 0 atom stereocenters. The Labute approximate surface area is 107 Å². The minimum atomic E-state index is 0.0207. The molecule has 0 bridgehead atoms. The maximum Gasteiger partial charge on any atom is 0.272 e. The van der Waals surface area contributed by atoms with Gasteiger partial charge in [0.1, 0.15) is 5.69 Å². The summed E-state index contributed by atoms with van der Waals surface area (Å²) in [7, 11) is 0. The summed E-state index contributed by atoms with van der Waals surface area (Å²) in [5.74, 6) is 5.99. The number of nitrogens with one attached hydrogen (secondary N) is 1. The lowest BCUT2D eigenvalue weighted by Crippen LogP contribution is -2.34. The number of rotatable bonds is 6. The summed E-state index contributed by atoms with van der Waals surface area (Å²) in [5.41, 5.74) is 3.70. The van der Waals surface area contributed by atoms with Crippen molar-refractivity contribution in [2.45, 2.75) is 26.2 Å². The van der Waals surface area contributed by atoms with Gasteiger partial charge in [-0.1, -0.05) is 6.92 Å². The lowest BCUT2D eigenvalue weighted by Gasteiger charge is -2.21. The third-order valence-electron chi connectivity index (χ3n) is 3.11.